The van der Waals surface area contributed by atoms with Crippen LogP contribution in [0.4, 0.5) is 15.8 Å². The largest absolute Gasteiger partial charge is 0.489 e. The van der Waals surface area contributed by atoms with Gasteiger partial charge in [-0.15, -0.1) is 0 Å². The van der Waals surface area contributed by atoms with E-state index >= 15 is 0 Å². The number of hydrogen-bond donors (Lipinski definition) is 2. The van der Waals surface area contributed by atoms with E-state index in [9.17, 15) is 14.3 Å². The minimum absolute atomic E-state index is 0.276. The van der Waals surface area contributed by atoms with Crippen LogP contribution in [-0.4, -0.2) is 50.0 Å². The zero-order chi connectivity index (χ0) is 21.3. The van der Waals surface area contributed by atoms with E-state index in [1.54, 1.807) is 13.0 Å². The molecule has 1 heterocycles. The van der Waals surface area contributed by atoms with Crippen LogP contribution in [0.15, 0.2) is 42.5 Å². The molecule has 0 aliphatic carbocycles. The van der Waals surface area contributed by atoms with Gasteiger partial charge in [0.15, 0.2) is 6.10 Å². The molecule has 30 heavy (non-hydrogen) atoms. The van der Waals surface area contributed by atoms with Crippen molar-refractivity contribution in [2.24, 2.45) is 0 Å². The van der Waals surface area contributed by atoms with Crippen molar-refractivity contribution in [3.8, 4) is 5.75 Å². The summed E-state index contributed by atoms with van der Waals surface area (Å²) in [7, 11) is 0. The number of rotatable bonds is 11. The highest BCUT2D eigenvalue weighted by Gasteiger charge is 2.19. The molecule has 0 radical (unpaired) electrons. The second-order valence-electron chi connectivity index (χ2n) is 7.26. The Hall–Kier alpha value is -2.80. The molecule has 2 aromatic carbocycles. The summed E-state index contributed by atoms with van der Waals surface area (Å²) in [5.41, 5.74) is 2.90. The summed E-state index contributed by atoms with van der Waals surface area (Å²) in [6.07, 6.45) is 1.56. The maximum atomic E-state index is 13.4. The highest BCUT2D eigenvalue weighted by Crippen LogP contribution is 2.32. The number of unbranched alkanes of at least 4 members (excludes halogenated alkanes) is 1. The van der Waals surface area contributed by atoms with Crippen LogP contribution in [0.3, 0.4) is 0 Å². The van der Waals surface area contributed by atoms with Gasteiger partial charge in [0.25, 0.3) is 0 Å². The van der Waals surface area contributed by atoms with Gasteiger partial charge in [-0.3, -0.25) is 0 Å². The van der Waals surface area contributed by atoms with E-state index < -0.39 is 12.1 Å². The van der Waals surface area contributed by atoms with Crippen molar-refractivity contribution in [2.75, 3.05) is 43.1 Å². The predicted octanol–water partition coefficient (Wildman–Crippen LogP) is 3.95. The molecule has 0 aromatic heterocycles. The number of halogens is 1. The number of nitrogens with zero attached hydrogens (tertiary/aromatic N) is 1. The SMILES string of the molecule is CCOC(Cc1ccc(NCCCCN2CCOc3cc(F)ccc32)cc1)C(=O)O. The van der Waals surface area contributed by atoms with Gasteiger partial charge in [-0.1, -0.05) is 12.1 Å². The third kappa shape index (κ3) is 6.10. The number of carbonyl (C=O) groups is 1. The summed E-state index contributed by atoms with van der Waals surface area (Å²) < 4.78 is 24.2. The van der Waals surface area contributed by atoms with E-state index in [1.807, 2.05) is 24.3 Å². The first kappa shape index (κ1) is 21.9. The van der Waals surface area contributed by atoms with Crippen molar-refractivity contribution in [1.29, 1.82) is 0 Å². The molecule has 0 fully saturated rings. The van der Waals surface area contributed by atoms with Crippen molar-refractivity contribution in [3.05, 3.63) is 53.8 Å². The molecular formula is C23H29FN2O4. The first-order valence-electron chi connectivity index (χ1n) is 10.4. The van der Waals surface area contributed by atoms with Gasteiger partial charge in [-0.05, 0) is 49.6 Å². The lowest BCUT2D eigenvalue weighted by Crippen LogP contribution is -2.33. The van der Waals surface area contributed by atoms with Gasteiger partial charge in [0.1, 0.15) is 18.2 Å². The van der Waals surface area contributed by atoms with E-state index in [0.717, 1.165) is 49.4 Å². The quantitative estimate of drug-likeness (QED) is 0.541. The molecule has 2 N–H and O–H groups in total. The summed E-state index contributed by atoms with van der Waals surface area (Å²) in [6, 6.07) is 12.5. The molecule has 0 saturated carbocycles. The third-order valence-corrected chi connectivity index (χ3v) is 5.08. The Labute approximate surface area is 176 Å². The van der Waals surface area contributed by atoms with Crippen LogP contribution in [0.1, 0.15) is 25.3 Å². The lowest BCUT2D eigenvalue weighted by atomic mass is 10.1. The fourth-order valence-electron chi connectivity index (χ4n) is 3.54. The Morgan fingerprint density at radius 1 is 1.27 bits per heavy atom. The smallest absolute Gasteiger partial charge is 0.333 e. The monoisotopic (exact) mass is 416 g/mol. The van der Waals surface area contributed by atoms with Crippen LogP contribution in [-0.2, 0) is 16.0 Å². The Morgan fingerprint density at radius 3 is 2.80 bits per heavy atom. The van der Waals surface area contributed by atoms with Crippen molar-refractivity contribution in [3.63, 3.8) is 0 Å². The maximum Gasteiger partial charge on any atom is 0.333 e. The van der Waals surface area contributed by atoms with E-state index in [4.69, 9.17) is 9.47 Å². The Morgan fingerprint density at radius 2 is 2.07 bits per heavy atom. The highest BCUT2D eigenvalue weighted by molar-refractivity contribution is 5.72. The third-order valence-electron chi connectivity index (χ3n) is 5.08. The Bertz CT molecular complexity index is 828. The molecule has 6 nitrogen and oxygen atoms in total. The normalized spacial score (nSPS) is 14.0. The van der Waals surface area contributed by atoms with Gasteiger partial charge < -0.3 is 24.8 Å². The molecule has 1 unspecified atom stereocenters. The number of nitrogens with one attached hydrogen (secondary N) is 1. The van der Waals surface area contributed by atoms with Gasteiger partial charge in [0.05, 0.1) is 12.2 Å². The van der Waals surface area contributed by atoms with Gasteiger partial charge in [-0.2, -0.15) is 0 Å². The molecular weight excluding hydrogens is 387 g/mol. The molecule has 0 amide bonds. The number of carboxylic acids is 1. The highest BCUT2D eigenvalue weighted by atomic mass is 19.1. The van der Waals surface area contributed by atoms with Gasteiger partial charge in [0, 0.05) is 37.9 Å². The van der Waals surface area contributed by atoms with Crippen LogP contribution in [0, 0.1) is 5.82 Å². The zero-order valence-electron chi connectivity index (χ0n) is 17.3. The van der Waals surface area contributed by atoms with Gasteiger partial charge in [-0.25, -0.2) is 9.18 Å². The summed E-state index contributed by atoms with van der Waals surface area (Å²) in [5.74, 6) is -0.594. The Kier molecular flexibility index (Phi) is 7.90. The molecule has 7 heteroatoms. The predicted molar refractivity (Wildman–Crippen MR) is 115 cm³/mol. The number of aliphatic carboxylic acids is 1. The first-order valence-corrected chi connectivity index (χ1v) is 10.4. The number of benzene rings is 2. The molecule has 1 aliphatic heterocycles. The minimum atomic E-state index is -0.938. The van der Waals surface area contributed by atoms with E-state index in [2.05, 4.69) is 10.2 Å². The van der Waals surface area contributed by atoms with Crippen molar-refractivity contribution < 1.29 is 23.8 Å². The number of anilines is 2. The van der Waals surface area contributed by atoms with Gasteiger partial charge >= 0.3 is 5.97 Å². The topological polar surface area (TPSA) is 71.0 Å². The summed E-state index contributed by atoms with van der Waals surface area (Å²) in [5, 5.41) is 12.6. The second kappa shape index (κ2) is 10.8. The van der Waals surface area contributed by atoms with Crippen LogP contribution < -0.4 is 15.0 Å². The summed E-state index contributed by atoms with van der Waals surface area (Å²) in [6.45, 7) is 5.30. The van der Waals surface area contributed by atoms with Crippen molar-refractivity contribution in [2.45, 2.75) is 32.3 Å². The lowest BCUT2D eigenvalue weighted by Gasteiger charge is -2.31. The molecule has 0 bridgehead atoms. The standard InChI is InChI=1S/C23H29FN2O4/c1-2-29-22(23(27)28)15-17-5-8-19(9-6-17)25-11-3-4-12-26-13-14-30-21-16-18(24)7-10-20(21)26/h5-10,16,22,25H,2-4,11-15H2,1H3,(H,27,28). The number of hydrogen-bond acceptors (Lipinski definition) is 5. The van der Waals surface area contributed by atoms with Crippen LogP contribution in [0.2, 0.25) is 0 Å². The van der Waals surface area contributed by atoms with E-state index in [0.29, 0.717) is 25.4 Å². The second-order valence-corrected chi connectivity index (χ2v) is 7.26. The maximum absolute atomic E-state index is 13.4. The average Bonchev–Trinajstić information content (AvgIpc) is 2.74. The summed E-state index contributed by atoms with van der Waals surface area (Å²) in [4.78, 5) is 13.4. The number of fused-ring (bicyclic) bond motifs is 1. The fraction of sp³-hybridized carbons (Fsp3) is 0.435. The molecule has 3 rings (SSSR count). The fourth-order valence-corrected chi connectivity index (χ4v) is 3.54. The zero-order valence-corrected chi connectivity index (χ0v) is 17.3. The van der Waals surface area contributed by atoms with Crippen molar-refractivity contribution in [1.82, 2.24) is 0 Å². The molecule has 2 aromatic rings. The number of carboxylic acid groups (broad SMARTS) is 1. The minimum Gasteiger partial charge on any atom is -0.489 e. The molecule has 0 saturated heterocycles. The van der Waals surface area contributed by atoms with E-state index in [1.165, 1.54) is 12.1 Å². The van der Waals surface area contributed by atoms with E-state index in [-0.39, 0.29) is 5.82 Å². The Balaban J connectivity index is 1.40. The molecule has 0 spiro atoms. The van der Waals surface area contributed by atoms with Crippen LogP contribution >= 0.6 is 0 Å². The molecule has 162 valence electrons. The summed E-state index contributed by atoms with van der Waals surface area (Å²) >= 11 is 0. The van der Waals surface area contributed by atoms with Crippen LogP contribution in [0.5, 0.6) is 5.75 Å². The number of ether oxygens (including phenoxy) is 2. The average molecular weight is 416 g/mol. The van der Waals surface area contributed by atoms with Crippen LogP contribution in [0.25, 0.3) is 0 Å². The first-order chi connectivity index (χ1) is 14.6. The lowest BCUT2D eigenvalue weighted by molar-refractivity contribution is -0.149. The molecule has 1 aliphatic rings. The molecule has 1 atom stereocenters. The van der Waals surface area contributed by atoms with Crippen molar-refractivity contribution >= 4 is 17.3 Å². The van der Waals surface area contributed by atoms with Gasteiger partial charge in [0.2, 0.25) is 0 Å².